The number of nitriles is 2. The van der Waals surface area contributed by atoms with Crippen molar-refractivity contribution in [2.24, 2.45) is 0 Å². The van der Waals surface area contributed by atoms with Crippen LogP contribution in [-0.4, -0.2) is 18.3 Å². The van der Waals surface area contributed by atoms with Gasteiger partial charge in [-0.25, -0.2) is 0 Å². The lowest BCUT2D eigenvalue weighted by Gasteiger charge is -2.16. The van der Waals surface area contributed by atoms with Crippen molar-refractivity contribution < 1.29 is 0 Å². The fourth-order valence-electron chi connectivity index (χ4n) is 10.4. The van der Waals surface area contributed by atoms with Crippen molar-refractivity contribution in [2.75, 3.05) is 0 Å². The van der Waals surface area contributed by atoms with E-state index in [1.54, 1.807) is 6.07 Å². The molecule has 0 radical (unpaired) electrons. The molecule has 6 nitrogen and oxygen atoms in total. The van der Waals surface area contributed by atoms with E-state index >= 15 is 0 Å². The summed E-state index contributed by atoms with van der Waals surface area (Å²) in [6, 6.07) is 72.8. The summed E-state index contributed by atoms with van der Waals surface area (Å²) in [5, 5.41) is 30.9. The molecule has 62 heavy (non-hydrogen) atoms. The molecule has 0 aliphatic heterocycles. The lowest BCUT2D eigenvalue weighted by atomic mass is 10.0. The van der Waals surface area contributed by atoms with Crippen LogP contribution in [0.5, 0.6) is 0 Å². The highest BCUT2D eigenvalue weighted by atomic mass is 15.0. The topological polar surface area (TPSA) is 67.3 Å². The zero-order valence-corrected chi connectivity index (χ0v) is 33.2. The number of nitrogens with zero attached hydrogens (tertiary/aromatic N) is 6. The van der Waals surface area contributed by atoms with E-state index < -0.39 is 0 Å². The van der Waals surface area contributed by atoms with Gasteiger partial charge in [0, 0.05) is 54.5 Å². The molecule has 0 saturated carbocycles. The van der Waals surface area contributed by atoms with Crippen molar-refractivity contribution in [3.8, 4) is 34.9 Å². The molecule has 0 bridgehead atoms. The van der Waals surface area contributed by atoms with E-state index in [1.807, 2.05) is 12.1 Å². The van der Waals surface area contributed by atoms with Gasteiger partial charge in [-0.2, -0.15) is 10.5 Å². The first-order valence-corrected chi connectivity index (χ1v) is 20.7. The van der Waals surface area contributed by atoms with Crippen LogP contribution < -0.4 is 0 Å². The molecule has 13 aromatic rings. The standard InChI is InChI=1S/C56H32N6/c57-33-35-31-36(34-58)52(62-46-26-14-10-22-42(46)56-50(62)30-28-48-54(56)40-20-8-12-24-44(40)60(48)38-17-5-2-6-18-38)32-51(35)61-45-25-13-9-21-41(45)55-49(61)29-27-47-53(55)39-19-7-11-23-43(39)59(47)37-15-3-1-4-16-37/h1-32H. The monoisotopic (exact) mass is 788 g/mol. The van der Waals surface area contributed by atoms with Gasteiger partial charge in [-0.05, 0) is 84.9 Å². The third-order valence-corrected chi connectivity index (χ3v) is 12.8. The van der Waals surface area contributed by atoms with E-state index in [-0.39, 0.29) is 0 Å². The first kappa shape index (κ1) is 34.1. The number of para-hydroxylation sites is 6. The molecule has 286 valence electrons. The molecule has 0 atom stereocenters. The van der Waals surface area contributed by atoms with Crippen LogP contribution in [0.1, 0.15) is 11.1 Å². The highest BCUT2D eigenvalue weighted by Crippen LogP contribution is 2.45. The molecule has 0 unspecified atom stereocenters. The minimum atomic E-state index is 0.425. The predicted molar refractivity (Wildman–Crippen MR) is 253 cm³/mol. The minimum Gasteiger partial charge on any atom is -0.309 e. The molecule has 4 aromatic heterocycles. The first-order chi connectivity index (χ1) is 30.7. The molecule has 0 fully saturated rings. The van der Waals surface area contributed by atoms with Crippen LogP contribution in [0.4, 0.5) is 0 Å². The average Bonchev–Trinajstić information content (AvgIpc) is 4.06. The number of aromatic nitrogens is 4. The SMILES string of the molecule is N#Cc1cc(C#N)c(-n2c3ccccc3c3c4c5ccccc5n(-c5ccccc5)c4ccc32)cc1-n1c2ccccc2c2c3c4ccccc4n(-c4ccccc4)c3ccc21. The predicted octanol–water partition coefficient (Wildman–Crippen LogP) is 13.8. The molecule has 0 aliphatic carbocycles. The summed E-state index contributed by atoms with van der Waals surface area (Å²) >= 11 is 0. The summed E-state index contributed by atoms with van der Waals surface area (Å²) in [4.78, 5) is 0. The molecular weight excluding hydrogens is 757 g/mol. The Kier molecular flexibility index (Phi) is 7.05. The normalized spacial score (nSPS) is 11.8. The largest absolute Gasteiger partial charge is 0.309 e. The summed E-state index contributed by atoms with van der Waals surface area (Å²) in [5.41, 5.74) is 12.9. The third kappa shape index (κ3) is 4.50. The van der Waals surface area contributed by atoms with E-state index in [0.29, 0.717) is 22.5 Å². The number of rotatable bonds is 4. The zero-order valence-electron chi connectivity index (χ0n) is 33.2. The van der Waals surface area contributed by atoms with E-state index in [4.69, 9.17) is 0 Å². The molecule has 4 heterocycles. The van der Waals surface area contributed by atoms with Crippen molar-refractivity contribution in [3.05, 3.63) is 205 Å². The molecule has 0 spiro atoms. The van der Waals surface area contributed by atoms with Crippen LogP contribution in [0.15, 0.2) is 194 Å². The third-order valence-electron chi connectivity index (χ3n) is 12.8. The average molecular weight is 789 g/mol. The van der Waals surface area contributed by atoms with E-state index in [9.17, 15) is 10.5 Å². The van der Waals surface area contributed by atoms with Crippen molar-refractivity contribution in [1.82, 2.24) is 18.3 Å². The van der Waals surface area contributed by atoms with Crippen LogP contribution in [0.2, 0.25) is 0 Å². The van der Waals surface area contributed by atoms with Crippen molar-refractivity contribution in [1.29, 1.82) is 10.5 Å². The van der Waals surface area contributed by atoms with Gasteiger partial charge in [-0.1, -0.05) is 109 Å². The zero-order chi connectivity index (χ0) is 41.1. The van der Waals surface area contributed by atoms with E-state index in [2.05, 4.69) is 206 Å². The Morgan fingerprint density at radius 2 is 0.565 bits per heavy atom. The lowest BCUT2D eigenvalue weighted by Crippen LogP contribution is -2.04. The summed E-state index contributed by atoms with van der Waals surface area (Å²) in [6.07, 6.45) is 0. The van der Waals surface area contributed by atoms with Gasteiger partial charge in [-0.15, -0.1) is 0 Å². The van der Waals surface area contributed by atoms with Crippen LogP contribution >= 0.6 is 0 Å². The van der Waals surface area contributed by atoms with E-state index in [1.165, 1.54) is 0 Å². The maximum Gasteiger partial charge on any atom is 0.101 e. The van der Waals surface area contributed by atoms with Gasteiger partial charge in [0.05, 0.1) is 66.6 Å². The van der Waals surface area contributed by atoms with Gasteiger partial charge in [0.2, 0.25) is 0 Å². The number of benzene rings is 9. The van der Waals surface area contributed by atoms with Gasteiger partial charge < -0.3 is 18.3 Å². The molecule has 9 aromatic carbocycles. The highest BCUT2D eigenvalue weighted by molar-refractivity contribution is 6.30. The van der Waals surface area contributed by atoms with Crippen LogP contribution in [0, 0.1) is 22.7 Å². The summed E-state index contributed by atoms with van der Waals surface area (Å²) < 4.78 is 9.13. The number of hydrogen-bond donors (Lipinski definition) is 0. The molecule has 0 aliphatic rings. The second-order valence-electron chi connectivity index (χ2n) is 15.9. The van der Waals surface area contributed by atoms with Crippen LogP contribution in [0.3, 0.4) is 0 Å². The van der Waals surface area contributed by atoms with Gasteiger partial charge >= 0.3 is 0 Å². The summed E-state index contributed by atoms with van der Waals surface area (Å²) in [6.45, 7) is 0. The van der Waals surface area contributed by atoms with Gasteiger partial charge in [-0.3, -0.25) is 0 Å². The Morgan fingerprint density at radius 3 is 0.903 bits per heavy atom. The quantitative estimate of drug-likeness (QED) is 0.178. The van der Waals surface area contributed by atoms with Crippen LogP contribution in [-0.2, 0) is 0 Å². The maximum absolute atomic E-state index is 10.9. The Hall–Kier alpha value is -8.84. The van der Waals surface area contributed by atoms with Crippen molar-refractivity contribution in [3.63, 3.8) is 0 Å². The Labute approximate surface area is 354 Å². The Morgan fingerprint density at radius 1 is 0.274 bits per heavy atom. The second-order valence-corrected chi connectivity index (χ2v) is 15.9. The van der Waals surface area contributed by atoms with Gasteiger partial charge in [0.25, 0.3) is 0 Å². The molecule has 0 saturated heterocycles. The number of hydrogen-bond acceptors (Lipinski definition) is 2. The molecule has 0 amide bonds. The number of fused-ring (bicyclic) bond motifs is 14. The fraction of sp³-hybridized carbons (Fsp3) is 0. The van der Waals surface area contributed by atoms with Crippen molar-refractivity contribution >= 4 is 87.2 Å². The first-order valence-electron chi connectivity index (χ1n) is 20.7. The highest BCUT2D eigenvalue weighted by Gasteiger charge is 2.25. The summed E-state index contributed by atoms with van der Waals surface area (Å²) in [7, 11) is 0. The lowest BCUT2D eigenvalue weighted by molar-refractivity contribution is 1.12. The smallest absolute Gasteiger partial charge is 0.101 e. The van der Waals surface area contributed by atoms with E-state index in [0.717, 1.165) is 98.6 Å². The van der Waals surface area contributed by atoms with Gasteiger partial charge in [0.1, 0.15) is 12.1 Å². The maximum atomic E-state index is 10.9. The van der Waals surface area contributed by atoms with Crippen LogP contribution in [0.25, 0.3) is 110 Å². The molecular formula is C56H32N6. The Bertz CT molecular complexity index is 3840. The van der Waals surface area contributed by atoms with Crippen molar-refractivity contribution in [2.45, 2.75) is 0 Å². The Balaban J connectivity index is 1.14. The summed E-state index contributed by atoms with van der Waals surface area (Å²) in [5.74, 6) is 0. The molecule has 6 heteroatoms. The van der Waals surface area contributed by atoms with Gasteiger partial charge in [0.15, 0.2) is 0 Å². The second kappa shape index (κ2) is 12.8. The molecule has 13 rings (SSSR count). The molecule has 0 N–H and O–H groups in total. The fourth-order valence-corrected chi connectivity index (χ4v) is 10.4. The minimum absolute atomic E-state index is 0.425.